The summed E-state index contributed by atoms with van der Waals surface area (Å²) in [4.78, 5) is 18.5. The molecule has 0 unspecified atom stereocenters. The summed E-state index contributed by atoms with van der Waals surface area (Å²) >= 11 is 6.25. The number of rotatable bonds is 3. The summed E-state index contributed by atoms with van der Waals surface area (Å²) in [5.41, 5.74) is 1.97. The quantitative estimate of drug-likeness (QED) is 0.871. The highest BCUT2D eigenvalue weighted by Crippen LogP contribution is 2.32. The largest absolute Gasteiger partial charge is 0.342 e. The van der Waals surface area contributed by atoms with Crippen molar-refractivity contribution in [2.45, 2.75) is 18.8 Å². The van der Waals surface area contributed by atoms with Gasteiger partial charge < -0.3 is 4.90 Å². The molecule has 0 saturated carbocycles. The van der Waals surface area contributed by atoms with Crippen molar-refractivity contribution >= 4 is 17.5 Å². The summed E-state index contributed by atoms with van der Waals surface area (Å²) in [6, 6.07) is 13.6. The minimum atomic E-state index is 0.142. The van der Waals surface area contributed by atoms with Crippen molar-refractivity contribution in [1.29, 1.82) is 0 Å². The van der Waals surface area contributed by atoms with Crippen molar-refractivity contribution < 1.29 is 4.79 Å². The lowest BCUT2D eigenvalue weighted by molar-refractivity contribution is -0.129. The summed E-state index contributed by atoms with van der Waals surface area (Å²) in [5, 5.41) is 0.793. The molecule has 0 aliphatic carbocycles. The number of carbonyl (C=O) groups is 1. The van der Waals surface area contributed by atoms with E-state index >= 15 is 0 Å². The topological polar surface area (TPSA) is 33.2 Å². The molecule has 21 heavy (non-hydrogen) atoms. The standard InChI is InChI=1S/C17H17ClN2O/c18-16-7-2-1-6-15(16)13-8-10-20(12-13)17(21)11-14-5-3-4-9-19-14/h1-7,9,13H,8,10-12H2/t13-/m1/s1. The summed E-state index contributed by atoms with van der Waals surface area (Å²) in [7, 11) is 0. The Bertz CT molecular complexity index is 630. The van der Waals surface area contributed by atoms with Crippen LogP contribution in [-0.4, -0.2) is 28.9 Å². The Labute approximate surface area is 129 Å². The van der Waals surface area contributed by atoms with E-state index in [1.54, 1.807) is 6.20 Å². The van der Waals surface area contributed by atoms with Crippen LogP contribution in [0, 0.1) is 0 Å². The number of aromatic nitrogens is 1. The molecule has 0 radical (unpaired) electrons. The van der Waals surface area contributed by atoms with Crippen LogP contribution in [0.25, 0.3) is 0 Å². The fraction of sp³-hybridized carbons (Fsp3) is 0.294. The zero-order valence-electron chi connectivity index (χ0n) is 11.7. The predicted molar refractivity (Wildman–Crippen MR) is 83.3 cm³/mol. The van der Waals surface area contributed by atoms with Crippen LogP contribution in [-0.2, 0) is 11.2 Å². The van der Waals surface area contributed by atoms with E-state index in [4.69, 9.17) is 11.6 Å². The van der Waals surface area contributed by atoms with Crippen LogP contribution < -0.4 is 0 Å². The van der Waals surface area contributed by atoms with Crippen molar-refractivity contribution in [3.63, 3.8) is 0 Å². The Balaban J connectivity index is 1.64. The molecule has 1 aliphatic heterocycles. The fourth-order valence-corrected chi connectivity index (χ4v) is 3.11. The number of pyridine rings is 1. The van der Waals surface area contributed by atoms with Crippen LogP contribution in [0.5, 0.6) is 0 Å². The first-order valence-electron chi connectivity index (χ1n) is 7.16. The molecule has 0 bridgehead atoms. The molecule has 108 valence electrons. The van der Waals surface area contributed by atoms with E-state index in [-0.39, 0.29) is 5.91 Å². The second-order valence-electron chi connectivity index (χ2n) is 5.34. The molecule has 1 aromatic carbocycles. The van der Waals surface area contributed by atoms with Gasteiger partial charge in [0.05, 0.1) is 6.42 Å². The molecule has 4 heteroatoms. The third kappa shape index (κ3) is 3.24. The van der Waals surface area contributed by atoms with Crippen LogP contribution in [0.4, 0.5) is 0 Å². The molecule has 0 N–H and O–H groups in total. The predicted octanol–water partition coefficient (Wildman–Crippen LogP) is 3.29. The Hall–Kier alpha value is -1.87. The van der Waals surface area contributed by atoms with Gasteiger partial charge in [-0.25, -0.2) is 0 Å². The Kier molecular flexibility index (Phi) is 4.20. The average molecular weight is 301 g/mol. The first kappa shape index (κ1) is 14.1. The van der Waals surface area contributed by atoms with Gasteiger partial charge in [0.1, 0.15) is 0 Å². The van der Waals surface area contributed by atoms with E-state index in [0.717, 1.165) is 35.8 Å². The zero-order chi connectivity index (χ0) is 14.7. The van der Waals surface area contributed by atoms with Crippen molar-refractivity contribution in [3.05, 3.63) is 64.9 Å². The molecule has 1 amide bonds. The summed E-state index contributed by atoms with van der Waals surface area (Å²) in [6.07, 6.45) is 3.06. The fourth-order valence-electron chi connectivity index (χ4n) is 2.82. The Morgan fingerprint density at radius 2 is 2.05 bits per heavy atom. The maximum atomic E-state index is 12.3. The molecule has 2 heterocycles. The summed E-state index contributed by atoms with van der Waals surface area (Å²) in [5.74, 6) is 0.481. The van der Waals surface area contributed by atoms with Gasteiger partial charge in [0.15, 0.2) is 0 Å². The van der Waals surface area contributed by atoms with Crippen LogP contribution >= 0.6 is 11.6 Å². The van der Waals surface area contributed by atoms with Crippen molar-refractivity contribution in [3.8, 4) is 0 Å². The number of benzene rings is 1. The van der Waals surface area contributed by atoms with Gasteiger partial charge in [-0.2, -0.15) is 0 Å². The molecule has 1 fully saturated rings. The lowest BCUT2D eigenvalue weighted by Crippen LogP contribution is -2.30. The highest BCUT2D eigenvalue weighted by molar-refractivity contribution is 6.31. The minimum Gasteiger partial charge on any atom is -0.342 e. The molecule has 1 atom stereocenters. The van der Waals surface area contributed by atoms with E-state index < -0.39 is 0 Å². The van der Waals surface area contributed by atoms with Crippen LogP contribution in [0.3, 0.4) is 0 Å². The SMILES string of the molecule is O=C(Cc1ccccn1)N1CC[C@@H](c2ccccc2Cl)C1. The first-order valence-corrected chi connectivity index (χ1v) is 7.54. The lowest BCUT2D eigenvalue weighted by Gasteiger charge is -2.17. The number of hydrogen-bond donors (Lipinski definition) is 0. The maximum absolute atomic E-state index is 12.3. The highest BCUT2D eigenvalue weighted by Gasteiger charge is 2.28. The number of nitrogens with zero attached hydrogens (tertiary/aromatic N) is 2. The van der Waals surface area contributed by atoms with Crippen LogP contribution in [0.1, 0.15) is 23.6 Å². The summed E-state index contributed by atoms with van der Waals surface area (Å²) in [6.45, 7) is 1.54. The van der Waals surface area contributed by atoms with E-state index in [2.05, 4.69) is 11.1 Å². The van der Waals surface area contributed by atoms with Crippen molar-refractivity contribution in [1.82, 2.24) is 9.88 Å². The van der Waals surface area contributed by atoms with E-state index in [1.807, 2.05) is 41.3 Å². The van der Waals surface area contributed by atoms with Gasteiger partial charge in [-0.1, -0.05) is 35.9 Å². The normalized spacial score (nSPS) is 18.0. The molecular formula is C17H17ClN2O. The third-order valence-electron chi connectivity index (χ3n) is 3.94. The van der Waals surface area contributed by atoms with Crippen molar-refractivity contribution in [2.24, 2.45) is 0 Å². The Morgan fingerprint density at radius 3 is 2.81 bits per heavy atom. The molecule has 2 aromatic rings. The van der Waals surface area contributed by atoms with Gasteiger partial charge in [-0.3, -0.25) is 9.78 Å². The van der Waals surface area contributed by atoms with E-state index in [0.29, 0.717) is 12.3 Å². The lowest BCUT2D eigenvalue weighted by atomic mass is 9.98. The van der Waals surface area contributed by atoms with Crippen LogP contribution in [0.2, 0.25) is 5.02 Å². The second kappa shape index (κ2) is 6.27. The van der Waals surface area contributed by atoms with E-state index in [1.165, 1.54) is 0 Å². The molecule has 1 saturated heterocycles. The number of halogens is 1. The van der Waals surface area contributed by atoms with Gasteiger partial charge in [0.25, 0.3) is 0 Å². The maximum Gasteiger partial charge on any atom is 0.228 e. The van der Waals surface area contributed by atoms with Gasteiger partial charge in [0.2, 0.25) is 5.91 Å². The highest BCUT2D eigenvalue weighted by atomic mass is 35.5. The van der Waals surface area contributed by atoms with Gasteiger partial charge in [-0.15, -0.1) is 0 Å². The first-order chi connectivity index (χ1) is 10.2. The Morgan fingerprint density at radius 1 is 1.24 bits per heavy atom. The minimum absolute atomic E-state index is 0.142. The smallest absolute Gasteiger partial charge is 0.228 e. The van der Waals surface area contributed by atoms with Gasteiger partial charge >= 0.3 is 0 Å². The number of likely N-dealkylation sites (tertiary alicyclic amines) is 1. The van der Waals surface area contributed by atoms with Gasteiger partial charge in [-0.05, 0) is 30.2 Å². The van der Waals surface area contributed by atoms with Crippen molar-refractivity contribution in [2.75, 3.05) is 13.1 Å². The zero-order valence-corrected chi connectivity index (χ0v) is 12.5. The van der Waals surface area contributed by atoms with E-state index in [9.17, 15) is 4.79 Å². The molecule has 3 rings (SSSR count). The third-order valence-corrected chi connectivity index (χ3v) is 4.29. The number of hydrogen-bond acceptors (Lipinski definition) is 2. The monoisotopic (exact) mass is 300 g/mol. The molecule has 0 spiro atoms. The second-order valence-corrected chi connectivity index (χ2v) is 5.75. The summed E-state index contributed by atoms with van der Waals surface area (Å²) < 4.78 is 0. The number of amides is 1. The molecular weight excluding hydrogens is 284 g/mol. The molecule has 1 aliphatic rings. The number of carbonyl (C=O) groups excluding carboxylic acids is 1. The molecule has 1 aromatic heterocycles. The molecule has 3 nitrogen and oxygen atoms in total. The average Bonchev–Trinajstić information content (AvgIpc) is 2.98. The van der Waals surface area contributed by atoms with Gasteiger partial charge in [0, 0.05) is 35.9 Å². The van der Waals surface area contributed by atoms with Crippen LogP contribution in [0.15, 0.2) is 48.7 Å².